The molecule has 0 spiro atoms. The van der Waals surface area contributed by atoms with Crippen LogP contribution in [0.1, 0.15) is 5.56 Å². The SMILES string of the molecule is Cc1ccc(O)c(Nc2nc(-c3ccc(Cl)cc3)nc3ccccc23)c1.Cl. The van der Waals surface area contributed by atoms with Crippen LogP contribution in [0.25, 0.3) is 22.3 Å². The van der Waals surface area contributed by atoms with Crippen molar-refractivity contribution in [2.75, 3.05) is 5.32 Å². The zero-order chi connectivity index (χ0) is 18.1. The Balaban J connectivity index is 0.00000210. The Hall–Kier alpha value is -2.82. The van der Waals surface area contributed by atoms with E-state index in [4.69, 9.17) is 16.6 Å². The van der Waals surface area contributed by atoms with Crippen molar-refractivity contribution in [2.45, 2.75) is 6.92 Å². The normalized spacial score (nSPS) is 10.4. The number of benzene rings is 3. The van der Waals surface area contributed by atoms with Crippen LogP contribution in [-0.2, 0) is 0 Å². The molecule has 3 aromatic carbocycles. The highest BCUT2D eigenvalue weighted by Gasteiger charge is 2.11. The molecule has 1 aromatic heterocycles. The second kappa shape index (κ2) is 7.82. The maximum Gasteiger partial charge on any atom is 0.162 e. The van der Waals surface area contributed by atoms with Crippen LogP contribution in [0, 0.1) is 6.92 Å². The number of anilines is 2. The maximum absolute atomic E-state index is 10.2. The smallest absolute Gasteiger partial charge is 0.162 e. The molecule has 0 fully saturated rings. The molecule has 0 aliphatic heterocycles. The molecular weight excluding hydrogens is 381 g/mol. The topological polar surface area (TPSA) is 58.0 Å². The van der Waals surface area contributed by atoms with Gasteiger partial charge in [-0.3, -0.25) is 0 Å². The van der Waals surface area contributed by atoms with Crippen molar-refractivity contribution < 1.29 is 5.11 Å². The van der Waals surface area contributed by atoms with Gasteiger partial charge in [0, 0.05) is 16.0 Å². The molecule has 4 rings (SSSR count). The van der Waals surface area contributed by atoms with Crippen molar-refractivity contribution in [1.29, 1.82) is 0 Å². The fourth-order valence-corrected chi connectivity index (χ4v) is 2.90. The Morgan fingerprint density at radius 3 is 2.44 bits per heavy atom. The van der Waals surface area contributed by atoms with Gasteiger partial charge in [0.1, 0.15) is 11.6 Å². The molecule has 4 nitrogen and oxygen atoms in total. The van der Waals surface area contributed by atoms with Gasteiger partial charge in [0.2, 0.25) is 0 Å². The first-order valence-electron chi connectivity index (χ1n) is 8.19. The van der Waals surface area contributed by atoms with E-state index in [0.29, 0.717) is 22.4 Å². The minimum Gasteiger partial charge on any atom is -0.506 e. The zero-order valence-corrected chi connectivity index (χ0v) is 16.1. The third-order valence-corrected chi connectivity index (χ3v) is 4.36. The number of aryl methyl sites for hydroxylation is 1. The monoisotopic (exact) mass is 397 g/mol. The molecule has 4 aromatic rings. The molecule has 1 heterocycles. The van der Waals surface area contributed by atoms with E-state index in [1.165, 1.54) is 0 Å². The van der Waals surface area contributed by atoms with Crippen molar-refractivity contribution in [3.05, 3.63) is 77.3 Å². The highest BCUT2D eigenvalue weighted by atomic mass is 35.5. The van der Waals surface area contributed by atoms with Crippen molar-refractivity contribution >= 4 is 46.4 Å². The third kappa shape index (κ3) is 3.97. The van der Waals surface area contributed by atoms with Gasteiger partial charge in [-0.05, 0) is 61.0 Å². The van der Waals surface area contributed by atoms with Crippen LogP contribution in [0.15, 0.2) is 66.7 Å². The molecule has 0 unspecified atom stereocenters. The Morgan fingerprint density at radius 2 is 1.67 bits per heavy atom. The van der Waals surface area contributed by atoms with Gasteiger partial charge in [0.25, 0.3) is 0 Å². The highest BCUT2D eigenvalue weighted by molar-refractivity contribution is 6.30. The van der Waals surface area contributed by atoms with Crippen LogP contribution < -0.4 is 5.32 Å². The lowest BCUT2D eigenvalue weighted by Gasteiger charge is -2.12. The van der Waals surface area contributed by atoms with Gasteiger partial charge in [0.05, 0.1) is 11.2 Å². The molecule has 2 N–H and O–H groups in total. The lowest BCUT2D eigenvalue weighted by molar-refractivity contribution is 0.477. The highest BCUT2D eigenvalue weighted by Crippen LogP contribution is 2.31. The van der Waals surface area contributed by atoms with Crippen LogP contribution in [0.2, 0.25) is 5.02 Å². The average molecular weight is 398 g/mol. The molecule has 136 valence electrons. The molecule has 0 amide bonds. The maximum atomic E-state index is 10.2. The van der Waals surface area contributed by atoms with Gasteiger partial charge >= 0.3 is 0 Å². The minimum absolute atomic E-state index is 0. The summed E-state index contributed by atoms with van der Waals surface area (Å²) in [6.45, 7) is 1.97. The summed E-state index contributed by atoms with van der Waals surface area (Å²) in [5, 5.41) is 15.0. The summed E-state index contributed by atoms with van der Waals surface area (Å²) in [6.07, 6.45) is 0. The molecule has 0 radical (unpaired) electrons. The Kier molecular flexibility index (Phi) is 5.49. The van der Waals surface area contributed by atoms with E-state index in [9.17, 15) is 5.11 Å². The first kappa shape index (κ1) is 19.0. The standard InChI is InChI=1S/C21H16ClN3O.ClH/c1-13-6-11-19(26)18(12-13)24-21-16-4-2-3-5-17(16)23-20(25-21)14-7-9-15(22)10-8-14;/h2-12,26H,1H3,(H,23,24,25);1H. The number of aromatic hydroxyl groups is 1. The second-order valence-corrected chi connectivity index (χ2v) is 6.50. The summed E-state index contributed by atoms with van der Waals surface area (Å²) in [5.74, 6) is 1.41. The molecule has 0 aliphatic carbocycles. The molecule has 6 heteroatoms. The zero-order valence-electron chi connectivity index (χ0n) is 14.5. The molecule has 27 heavy (non-hydrogen) atoms. The van der Waals surface area contributed by atoms with Crippen LogP contribution >= 0.6 is 24.0 Å². The number of phenols is 1. The molecule has 0 saturated carbocycles. The Morgan fingerprint density at radius 1 is 0.926 bits per heavy atom. The predicted molar refractivity (Wildman–Crippen MR) is 113 cm³/mol. The predicted octanol–water partition coefficient (Wildman–Crippen LogP) is 6.13. The summed E-state index contributed by atoms with van der Waals surface area (Å²) in [5.41, 5.74) is 3.34. The first-order valence-corrected chi connectivity index (χ1v) is 8.57. The van der Waals surface area contributed by atoms with Crippen LogP contribution in [0.4, 0.5) is 11.5 Å². The van der Waals surface area contributed by atoms with E-state index >= 15 is 0 Å². The van der Waals surface area contributed by atoms with E-state index in [1.807, 2.05) is 67.6 Å². The second-order valence-electron chi connectivity index (χ2n) is 6.07. The molecule has 0 saturated heterocycles. The number of halogens is 2. The van der Waals surface area contributed by atoms with E-state index in [1.54, 1.807) is 6.07 Å². The van der Waals surface area contributed by atoms with Crippen molar-refractivity contribution in [3.8, 4) is 17.1 Å². The number of fused-ring (bicyclic) bond motifs is 1. The van der Waals surface area contributed by atoms with Crippen LogP contribution in [0.5, 0.6) is 5.75 Å². The summed E-state index contributed by atoms with van der Waals surface area (Å²) in [4.78, 5) is 9.35. The number of hydrogen-bond donors (Lipinski definition) is 2. The Labute approximate surface area is 168 Å². The number of nitrogens with zero attached hydrogens (tertiary/aromatic N) is 2. The van der Waals surface area contributed by atoms with E-state index in [2.05, 4.69) is 10.3 Å². The van der Waals surface area contributed by atoms with Crippen LogP contribution in [0.3, 0.4) is 0 Å². The molecule has 0 bridgehead atoms. The van der Waals surface area contributed by atoms with Gasteiger partial charge in [0.15, 0.2) is 5.82 Å². The number of para-hydroxylation sites is 1. The summed E-state index contributed by atoms with van der Waals surface area (Å²) >= 11 is 5.98. The fourth-order valence-electron chi connectivity index (χ4n) is 2.78. The minimum atomic E-state index is 0. The third-order valence-electron chi connectivity index (χ3n) is 4.11. The molecule has 0 atom stereocenters. The lowest BCUT2D eigenvalue weighted by atomic mass is 10.1. The van der Waals surface area contributed by atoms with E-state index in [-0.39, 0.29) is 18.2 Å². The van der Waals surface area contributed by atoms with Gasteiger partial charge in [-0.2, -0.15) is 0 Å². The fraction of sp³-hybridized carbons (Fsp3) is 0.0476. The van der Waals surface area contributed by atoms with E-state index in [0.717, 1.165) is 22.0 Å². The summed E-state index contributed by atoms with van der Waals surface area (Å²) < 4.78 is 0. The first-order chi connectivity index (χ1) is 12.6. The van der Waals surface area contributed by atoms with Gasteiger partial charge in [-0.15, -0.1) is 12.4 Å². The van der Waals surface area contributed by atoms with Gasteiger partial charge < -0.3 is 10.4 Å². The number of hydrogen-bond acceptors (Lipinski definition) is 4. The summed E-state index contributed by atoms with van der Waals surface area (Å²) in [6, 6.07) is 20.6. The van der Waals surface area contributed by atoms with E-state index < -0.39 is 0 Å². The average Bonchev–Trinajstić information content (AvgIpc) is 2.65. The molecular formula is C21H17Cl2N3O. The number of rotatable bonds is 3. The number of aromatic nitrogens is 2. The van der Waals surface area contributed by atoms with Crippen molar-refractivity contribution in [1.82, 2.24) is 9.97 Å². The number of nitrogens with one attached hydrogen (secondary N) is 1. The number of phenolic OH excluding ortho intramolecular Hbond substituents is 1. The van der Waals surface area contributed by atoms with Crippen molar-refractivity contribution in [2.24, 2.45) is 0 Å². The van der Waals surface area contributed by atoms with Crippen LogP contribution in [-0.4, -0.2) is 15.1 Å². The quantitative estimate of drug-likeness (QED) is 0.408. The van der Waals surface area contributed by atoms with Gasteiger partial charge in [-0.1, -0.05) is 29.8 Å². The molecule has 0 aliphatic rings. The summed E-state index contributed by atoms with van der Waals surface area (Å²) in [7, 11) is 0. The lowest BCUT2D eigenvalue weighted by Crippen LogP contribution is -2.00. The Bertz CT molecular complexity index is 1100. The van der Waals surface area contributed by atoms with Gasteiger partial charge in [-0.25, -0.2) is 9.97 Å². The van der Waals surface area contributed by atoms with Crippen molar-refractivity contribution in [3.63, 3.8) is 0 Å². The largest absolute Gasteiger partial charge is 0.506 e.